The molecule has 2 aromatic heterocycles. The first-order valence-corrected chi connectivity index (χ1v) is 7.33. The largest absolute Gasteiger partial charge is 0.338 e. The summed E-state index contributed by atoms with van der Waals surface area (Å²) in [7, 11) is 0. The molecular weight excluding hydrogens is 264 g/mol. The summed E-state index contributed by atoms with van der Waals surface area (Å²) in [5.74, 6) is 2.75. The molecule has 19 heavy (non-hydrogen) atoms. The van der Waals surface area contributed by atoms with Crippen LogP contribution in [0.1, 0.15) is 37.8 Å². The minimum absolute atomic E-state index is 0.397. The molecule has 2 N–H and O–H groups in total. The predicted octanol–water partition coefficient (Wildman–Crippen LogP) is 1.38. The topological polar surface area (TPSA) is 95.7 Å². The van der Waals surface area contributed by atoms with Crippen LogP contribution >= 0.6 is 11.8 Å². The lowest BCUT2D eigenvalue weighted by Crippen LogP contribution is -2.09. The zero-order valence-electron chi connectivity index (χ0n) is 11.2. The maximum Gasteiger partial charge on any atom is 0.237 e. The van der Waals surface area contributed by atoms with Gasteiger partial charge in [0.05, 0.1) is 12.3 Å². The SMILES string of the molecule is CCCn1c(CN)nnc1SCc1nc(CC)no1. The first-order chi connectivity index (χ1) is 9.28. The van der Waals surface area contributed by atoms with Gasteiger partial charge in [-0.2, -0.15) is 4.98 Å². The van der Waals surface area contributed by atoms with Crippen molar-refractivity contribution in [1.82, 2.24) is 24.9 Å². The van der Waals surface area contributed by atoms with Crippen molar-refractivity contribution in [1.29, 1.82) is 0 Å². The van der Waals surface area contributed by atoms with Crippen molar-refractivity contribution in [2.75, 3.05) is 0 Å². The van der Waals surface area contributed by atoms with Crippen molar-refractivity contribution in [3.63, 3.8) is 0 Å². The Balaban J connectivity index is 2.04. The second-order valence-corrected chi connectivity index (χ2v) is 4.94. The molecule has 0 saturated carbocycles. The highest BCUT2D eigenvalue weighted by Gasteiger charge is 2.13. The van der Waals surface area contributed by atoms with Crippen LogP contribution in [0.2, 0.25) is 0 Å². The molecule has 2 heterocycles. The maximum atomic E-state index is 5.65. The van der Waals surface area contributed by atoms with Crippen molar-refractivity contribution < 1.29 is 4.52 Å². The average molecular weight is 282 g/mol. The Morgan fingerprint density at radius 3 is 2.79 bits per heavy atom. The minimum atomic E-state index is 0.397. The van der Waals surface area contributed by atoms with Crippen molar-refractivity contribution >= 4 is 11.8 Å². The number of aryl methyl sites for hydroxylation is 1. The van der Waals surface area contributed by atoms with E-state index in [4.69, 9.17) is 10.3 Å². The molecule has 0 atom stereocenters. The van der Waals surface area contributed by atoms with E-state index in [-0.39, 0.29) is 0 Å². The Kier molecular flexibility index (Phi) is 4.92. The van der Waals surface area contributed by atoms with E-state index in [1.807, 2.05) is 11.5 Å². The summed E-state index contributed by atoms with van der Waals surface area (Å²) in [5, 5.41) is 13.0. The molecule has 0 fully saturated rings. The summed E-state index contributed by atoms with van der Waals surface area (Å²) in [4.78, 5) is 4.27. The molecule has 104 valence electrons. The van der Waals surface area contributed by atoms with Gasteiger partial charge >= 0.3 is 0 Å². The van der Waals surface area contributed by atoms with Crippen LogP contribution in [0.25, 0.3) is 0 Å². The Morgan fingerprint density at radius 1 is 1.32 bits per heavy atom. The summed E-state index contributed by atoms with van der Waals surface area (Å²) in [5.41, 5.74) is 5.65. The molecule has 2 rings (SSSR count). The van der Waals surface area contributed by atoms with E-state index in [1.165, 1.54) is 11.8 Å². The Hall–Kier alpha value is -1.41. The highest BCUT2D eigenvalue weighted by molar-refractivity contribution is 7.98. The van der Waals surface area contributed by atoms with Crippen LogP contribution in [-0.4, -0.2) is 24.9 Å². The van der Waals surface area contributed by atoms with E-state index in [1.54, 1.807) is 0 Å². The average Bonchev–Trinajstić information content (AvgIpc) is 3.03. The van der Waals surface area contributed by atoms with E-state index >= 15 is 0 Å². The number of hydrogen-bond donors (Lipinski definition) is 1. The molecule has 0 aliphatic rings. The van der Waals surface area contributed by atoms with Gasteiger partial charge in [-0.25, -0.2) is 0 Å². The van der Waals surface area contributed by atoms with Crippen LogP contribution in [0, 0.1) is 0 Å². The number of nitrogens with two attached hydrogens (primary N) is 1. The van der Waals surface area contributed by atoms with Crippen LogP contribution in [0.15, 0.2) is 9.68 Å². The fraction of sp³-hybridized carbons (Fsp3) is 0.636. The van der Waals surface area contributed by atoms with Gasteiger partial charge in [0.15, 0.2) is 11.0 Å². The quantitative estimate of drug-likeness (QED) is 0.766. The third-order valence-corrected chi connectivity index (χ3v) is 3.53. The molecular formula is C11H18N6OS. The second kappa shape index (κ2) is 6.67. The monoisotopic (exact) mass is 282 g/mol. The van der Waals surface area contributed by atoms with Crippen molar-refractivity contribution in [3.05, 3.63) is 17.5 Å². The summed E-state index contributed by atoms with van der Waals surface area (Å²) >= 11 is 1.54. The minimum Gasteiger partial charge on any atom is -0.338 e. The summed E-state index contributed by atoms with van der Waals surface area (Å²) in [6, 6.07) is 0. The molecule has 0 radical (unpaired) electrons. The number of thioether (sulfide) groups is 1. The molecule has 0 aromatic carbocycles. The van der Waals surface area contributed by atoms with Gasteiger partial charge in [0.2, 0.25) is 5.89 Å². The Bertz CT molecular complexity index is 523. The van der Waals surface area contributed by atoms with Gasteiger partial charge in [0.25, 0.3) is 0 Å². The maximum absolute atomic E-state index is 5.65. The Labute approximate surface area is 116 Å². The zero-order chi connectivity index (χ0) is 13.7. The number of hydrogen-bond acceptors (Lipinski definition) is 7. The summed E-state index contributed by atoms with van der Waals surface area (Å²) < 4.78 is 7.19. The third-order valence-electron chi connectivity index (χ3n) is 2.57. The van der Waals surface area contributed by atoms with Crippen LogP contribution < -0.4 is 5.73 Å². The van der Waals surface area contributed by atoms with Crippen LogP contribution in [0.4, 0.5) is 0 Å². The lowest BCUT2D eigenvalue weighted by atomic mass is 10.4. The molecule has 0 bridgehead atoms. The normalized spacial score (nSPS) is 11.1. The van der Waals surface area contributed by atoms with E-state index in [2.05, 4.69) is 27.3 Å². The van der Waals surface area contributed by atoms with E-state index in [0.29, 0.717) is 18.2 Å². The molecule has 0 amide bonds. The van der Waals surface area contributed by atoms with E-state index in [0.717, 1.165) is 36.2 Å². The third kappa shape index (κ3) is 3.32. The highest BCUT2D eigenvalue weighted by atomic mass is 32.2. The highest BCUT2D eigenvalue weighted by Crippen LogP contribution is 2.21. The van der Waals surface area contributed by atoms with Crippen molar-refractivity contribution in [2.24, 2.45) is 5.73 Å². The van der Waals surface area contributed by atoms with Crippen molar-refractivity contribution in [2.45, 2.75) is 50.7 Å². The fourth-order valence-electron chi connectivity index (χ4n) is 1.64. The first kappa shape index (κ1) is 14.0. The second-order valence-electron chi connectivity index (χ2n) is 4.00. The first-order valence-electron chi connectivity index (χ1n) is 6.34. The van der Waals surface area contributed by atoms with Gasteiger partial charge in [-0.05, 0) is 6.42 Å². The lowest BCUT2D eigenvalue weighted by Gasteiger charge is -2.06. The zero-order valence-corrected chi connectivity index (χ0v) is 12.0. The van der Waals surface area contributed by atoms with Crippen LogP contribution in [0.3, 0.4) is 0 Å². The lowest BCUT2D eigenvalue weighted by molar-refractivity contribution is 0.385. The summed E-state index contributed by atoms with van der Waals surface area (Å²) in [6.07, 6.45) is 1.79. The molecule has 7 nitrogen and oxygen atoms in total. The molecule has 0 aliphatic carbocycles. The van der Waals surface area contributed by atoms with Crippen LogP contribution in [0.5, 0.6) is 0 Å². The smallest absolute Gasteiger partial charge is 0.237 e. The van der Waals surface area contributed by atoms with Gasteiger partial charge in [-0.1, -0.05) is 30.8 Å². The van der Waals surface area contributed by atoms with Crippen molar-refractivity contribution in [3.8, 4) is 0 Å². The number of rotatable bonds is 7. The van der Waals surface area contributed by atoms with Gasteiger partial charge in [0.1, 0.15) is 5.82 Å². The Morgan fingerprint density at radius 2 is 2.16 bits per heavy atom. The van der Waals surface area contributed by atoms with E-state index < -0.39 is 0 Å². The number of aromatic nitrogens is 5. The molecule has 0 aliphatic heterocycles. The summed E-state index contributed by atoms with van der Waals surface area (Å²) in [6.45, 7) is 5.37. The predicted molar refractivity (Wildman–Crippen MR) is 71.4 cm³/mol. The van der Waals surface area contributed by atoms with Crippen LogP contribution in [-0.2, 0) is 25.3 Å². The van der Waals surface area contributed by atoms with Gasteiger partial charge < -0.3 is 14.8 Å². The van der Waals surface area contributed by atoms with Gasteiger partial charge in [-0.3, -0.25) is 0 Å². The standard InChI is InChI=1S/C11H18N6OS/c1-3-5-17-9(6-12)14-15-11(17)19-7-10-13-8(4-2)16-18-10/h3-7,12H2,1-2H3. The molecule has 0 saturated heterocycles. The number of nitrogens with zero attached hydrogens (tertiary/aromatic N) is 5. The van der Waals surface area contributed by atoms with Gasteiger partial charge in [-0.15, -0.1) is 10.2 Å². The van der Waals surface area contributed by atoms with Gasteiger partial charge in [0, 0.05) is 13.0 Å². The fourth-order valence-corrected chi connectivity index (χ4v) is 2.46. The van der Waals surface area contributed by atoms with E-state index in [9.17, 15) is 0 Å². The molecule has 2 aromatic rings. The molecule has 8 heteroatoms. The molecule has 0 spiro atoms. The molecule has 0 unspecified atom stereocenters.